The van der Waals surface area contributed by atoms with E-state index in [0.717, 1.165) is 5.56 Å². The van der Waals surface area contributed by atoms with E-state index >= 15 is 0 Å². The molecule has 3 aliphatic rings. The maximum absolute atomic E-state index is 13.1. The number of rotatable bonds is 4. The fourth-order valence-corrected chi connectivity index (χ4v) is 6.46. The van der Waals surface area contributed by atoms with Gasteiger partial charge in [-0.3, -0.25) is 9.69 Å². The monoisotopic (exact) mass is 430 g/mol. The van der Waals surface area contributed by atoms with Crippen LogP contribution in [0.3, 0.4) is 0 Å². The third-order valence-corrected chi connectivity index (χ3v) is 7.57. The Balaban J connectivity index is 1.44. The van der Waals surface area contributed by atoms with Crippen molar-refractivity contribution >= 4 is 21.4 Å². The number of benzene rings is 2. The first-order valence-corrected chi connectivity index (χ1v) is 11.5. The second kappa shape index (κ2) is 7.17. The lowest BCUT2D eigenvalue weighted by Crippen LogP contribution is -2.61. The lowest BCUT2D eigenvalue weighted by atomic mass is 10.0. The van der Waals surface area contributed by atoms with Crippen molar-refractivity contribution in [1.82, 2.24) is 4.90 Å². The predicted molar refractivity (Wildman–Crippen MR) is 110 cm³/mol. The second-order valence-electron chi connectivity index (χ2n) is 7.77. The number of anilines is 1. The van der Waals surface area contributed by atoms with E-state index in [9.17, 15) is 13.2 Å². The van der Waals surface area contributed by atoms with Gasteiger partial charge in [0.2, 0.25) is 12.7 Å². The highest BCUT2D eigenvalue weighted by atomic mass is 32.2. The van der Waals surface area contributed by atoms with Crippen molar-refractivity contribution in [2.24, 2.45) is 0 Å². The van der Waals surface area contributed by atoms with E-state index in [0.29, 0.717) is 29.5 Å². The van der Waals surface area contributed by atoms with E-state index in [1.54, 1.807) is 36.3 Å². The molecule has 158 valence electrons. The van der Waals surface area contributed by atoms with Gasteiger partial charge in [-0.1, -0.05) is 6.07 Å². The van der Waals surface area contributed by atoms with Crippen LogP contribution in [0, 0.1) is 0 Å². The number of nitrogens with zero attached hydrogens (tertiary/aromatic N) is 2. The minimum absolute atomic E-state index is 0.0346. The van der Waals surface area contributed by atoms with Crippen molar-refractivity contribution in [1.29, 1.82) is 0 Å². The number of sulfone groups is 1. The van der Waals surface area contributed by atoms with Gasteiger partial charge in [-0.25, -0.2) is 8.42 Å². The molecule has 8 nitrogen and oxygen atoms in total. The summed E-state index contributed by atoms with van der Waals surface area (Å²) in [6, 6.07) is 12.1. The topological polar surface area (TPSA) is 85.4 Å². The molecule has 2 fully saturated rings. The average Bonchev–Trinajstić information content (AvgIpc) is 3.31. The normalized spacial score (nSPS) is 24.7. The number of hydrogen-bond acceptors (Lipinski definition) is 7. The van der Waals surface area contributed by atoms with E-state index < -0.39 is 15.9 Å². The van der Waals surface area contributed by atoms with Crippen molar-refractivity contribution in [3.8, 4) is 17.2 Å². The van der Waals surface area contributed by atoms with Crippen molar-refractivity contribution in [2.75, 3.05) is 36.9 Å². The summed E-state index contributed by atoms with van der Waals surface area (Å²) in [4.78, 5) is 16.7. The molecule has 5 rings (SSSR count). The molecule has 2 aromatic carbocycles. The Morgan fingerprint density at radius 3 is 2.53 bits per heavy atom. The van der Waals surface area contributed by atoms with Gasteiger partial charge in [-0.05, 0) is 42.0 Å². The smallest absolute Gasteiger partial charge is 0.241 e. The largest absolute Gasteiger partial charge is 0.497 e. The van der Waals surface area contributed by atoms with E-state index in [-0.39, 0.29) is 36.8 Å². The van der Waals surface area contributed by atoms with Crippen LogP contribution in [-0.4, -0.2) is 63.3 Å². The van der Waals surface area contributed by atoms with Crippen molar-refractivity contribution in [2.45, 2.75) is 18.6 Å². The van der Waals surface area contributed by atoms with Gasteiger partial charge < -0.3 is 19.1 Å². The molecule has 3 aliphatic heterocycles. The number of carbonyl (C=O) groups is 1. The zero-order valence-corrected chi connectivity index (χ0v) is 17.3. The van der Waals surface area contributed by atoms with Gasteiger partial charge in [0.1, 0.15) is 5.75 Å². The summed E-state index contributed by atoms with van der Waals surface area (Å²) in [6.07, 6.45) is 0. The fourth-order valence-electron chi connectivity index (χ4n) is 4.48. The molecule has 30 heavy (non-hydrogen) atoms. The van der Waals surface area contributed by atoms with Crippen LogP contribution in [0.25, 0.3) is 0 Å². The summed E-state index contributed by atoms with van der Waals surface area (Å²) in [5, 5.41) is 0. The van der Waals surface area contributed by atoms with Crippen LogP contribution in [-0.2, 0) is 21.2 Å². The van der Waals surface area contributed by atoms with Crippen molar-refractivity contribution in [3.63, 3.8) is 0 Å². The van der Waals surface area contributed by atoms with Gasteiger partial charge in [0, 0.05) is 18.3 Å². The first kappa shape index (κ1) is 19.2. The van der Waals surface area contributed by atoms with Crippen LogP contribution in [0.1, 0.15) is 5.56 Å². The number of ether oxygens (including phenoxy) is 3. The Kier molecular flexibility index (Phi) is 4.59. The molecule has 0 radical (unpaired) electrons. The SMILES string of the molecule is COc1ccc(N2C(=O)CN(Cc3ccc4c(c3)OCO4)[C@H]3CS(=O)(=O)C[C@H]32)cc1. The number of methoxy groups -OCH3 is 1. The Hall–Kier alpha value is -2.78. The third kappa shape index (κ3) is 3.37. The molecule has 0 bridgehead atoms. The molecular formula is C21H22N2O6S. The van der Waals surface area contributed by atoms with Gasteiger partial charge in [-0.15, -0.1) is 0 Å². The number of amides is 1. The zero-order chi connectivity index (χ0) is 20.9. The summed E-state index contributed by atoms with van der Waals surface area (Å²) in [6.45, 7) is 0.813. The van der Waals surface area contributed by atoms with Crippen LogP contribution in [0.15, 0.2) is 42.5 Å². The number of piperazine rings is 1. The molecule has 0 aliphatic carbocycles. The minimum Gasteiger partial charge on any atom is -0.497 e. The molecule has 0 unspecified atom stereocenters. The summed E-state index contributed by atoms with van der Waals surface area (Å²) < 4.78 is 41.0. The molecule has 0 spiro atoms. The van der Waals surface area contributed by atoms with Gasteiger partial charge in [0.25, 0.3) is 0 Å². The molecule has 0 saturated carbocycles. The second-order valence-corrected chi connectivity index (χ2v) is 9.92. The first-order chi connectivity index (χ1) is 14.4. The summed E-state index contributed by atoms with van der Waals surface area (Å²) >= 11 is 0. The van der Waals surface area contributed by atoms with Crippen molar-refractivity contribution < 1.29 is 27.4 Å². The lowest BCUT2D eigenvalue weighted by Gasteiger charge is -2.43. The Labute approximate surface area is 174 Å². The molecule has 0 aromatic heterocycles. The first-order valence-electron chi connectivity index (χ1n) is 9.73. The van der Waals surface area contributed by atoms with Crippen LogP contribution in [0.5, 0.6) is 17.2 Å². The molecule has 0 N–H and O–H groups in total. The minimum atomic E-state index is -3.25. The van der Waals surface area contributed by atoms with E-state index in [1.807, 2.05) is 23.1 Å². The van der Waals surface area contributed by atoms with E-state index in [4.69, 9.17) is 14.2 Å². The highest BCUT2D eigenvalue weighted by Crippen LogP contribution is 2.36. The lowest BCUT2D eigenvalue weighted by molar-refractivity contribution is -0.123. The van der Waals surface area contributed by atoms with Crippen LogP contribution in [0.2, 0.25) is 0 Å². The highest BCUT2D eigenvalue weighted by molar-refractivity contribution is 7.91. The fraction of sp³-hybridized carbons (Fsp3) is 0.381. The molecule has 2 saturated heterocycles. The quantitative estimate of drug-likeness (QED) is 0.726. The molecule has 3 heterocycles. The van der Waals surface area contributed by atoms with Crippen LogP contribution >= 0.6 is 0 Å². The molecule has 9 heteroatoms. The van der Waals surface area contributed by atoms with E-state index in [1.165, 1.54) is 0 Å². The summed E-state index contributed by atoms with van der Waals surface area (Å²) in [5.41, 5.74) is 1.64. The third-order valence-electron chi connectivity index (χ3n) is 5.87. The number of fused-ring (bicyclic) bond motifs is 2. The molecule has 1 amide bonds. The molecular weight excluding hydrogens is 408 g/mol. The van der Waals surface area contributed by atoms with Crippen LogP contribution < -0.4 is 19.1 Å². The highest BCUT2D eigenvalue weighted by Gasteiger charge is 2.49. The maximum Gasteiger partial charge on any atom is 0.241 e. The van der Waals surface area contributed by atoms with Gasteiger partial charge >= 0.3 is 0 Å². The van der Waals surface area contributed by atoms with Crippen molar-refractivity contribution in [3.05, 3.63) is 48.0 Å². The van der Waals surface area contributed by atoms with Gasteiger partial charge in [-0.2, -0.15) is 0 Å². The summed E-state index contributed by atoms with van der Waals surface area (Å²) in [7, 11) is -1.67. The standard InChI is InChI=1S/C21H22N2O6S/c1-27-16-5-3-15(4-6-16)23-18-12-30(25,26)11-17(18)22(10-21(23)24)9-14-2-7-19-20(8-14)29-13-28-19/h2-8,17-18H,9-13H2,1H3/t17-,18+/m0/s1. The summed E-state index contributed by atoms with van der Waals surface area (Å²) in [5.74, 6) is 1.95. The Bertz CT molecular complexity index is 1090. The maximum atomic E-state index is 13.1. The Morgan fingerprint density at radius 2 is 1.77 bits per heavy atom. The zero-order valence-electron chi connectivity index (χ0n) is 16.5. The van der Waals surface area contributed by atoms with Gasteiger partial charge in [0.05, 0.1) is 31.2 Å². The van der Waals surface area contributed by atoms with Crippen LogP contribution in [0.4, 0.5) is 5.69 Å². The van der Waals surface area contributed by atoms with Gasteiger partial charge in [0.15, 0.2) is 21.3 Å². The number of carbonyl (C=O) groups excluding carboxylic acids is 1. The number of hydrogen-bond donors (Lipinski definition) is 0. The Morgan fingerprint density at radius 1 is 1.03 bits per heavy atom. The van der Waals surface area contributed by atoms with E-state index in [2.05, 4.69) is 0 Å². The molecule has 2 atom stereocenters. The molecule has 2 aromatic rings. The predicted octanol–water partition coefficient (Wildman–Crippen LogP) is 1.44. The average molecular weight is 430 g/mol.